The van der Waals surface area contributed by atoms with Crippen LogP contribution in [-0.4, -0.2) is 17.9 Å². The van der Waals surface area contributed by atoms with Gasteiger partial charge in [0.2, 0.25) is 5.91 Å². The standard InChI is InChI=1S/C18H19FN2O2/c1-11-4-3-5-12(2)15(11)10-16(17(20)22)21-18(23)13-6-8-14(19)9-7-13/h3-9,16H,10H2,1-2H3,(H2,20,22)(H,21,23)/t16-/m1/s1. The van der Waals surface area contributed by atoms with Crippen molar-refractivity contribution in [2.45, 2.75) is 26.3 Å². The van der Waals surface area contributed by atoms with Gasteiger partial charge in [-0.2, -0.15) is 0 Å². The molecule has 0 heterocycles. The molecule has 0 spiro atoms. The van der Waals surface area contributed by atoms with Gasteiger partial charge in [-0.3, -0.25) is 9.59 Å². The summed E-state index contributed by atoms with van der Waals surface area (Å²) in [6.07, 6.45) is 0.320. The fraction of sp³-hybridized carbons (Fsp3) is 0.222. The molecule has 0 saturated carbocycles. The summed E-state index contributed by atoms with van der Waals surface area (Å²) in [5.74, 6) is -1.49. The molecule has 5 heteroatoms. The van der Waals surface area contributed by atoms with Crippen molar-refractivity contribution in [1.29, 1.82) is 0 Å². The summed E-state index contributed by atoms with van der Waals surface area (Å²) in [7, 11) is 0. The lowest BCUT2D eigenvalue weighted by Crippen LogP contribution is -2.46. The summed E-state index contributed by atoms with van der Waals surface area (Å²) in [6.45, 7) is 3.89. The Morgan fingerprint density at radius 2 is 1.65 bits per heavy atom. The first kappa shape index (κ1) is 16.7. The predicted octanol–water partition coefficient (Wildman–Crippen LogP) is 2.27. The van der Waals surface area contributed by atoms with Gasteiger partial charge in [0.25, 0.3) is 5.91 Å². The normalized spacial score (nSPS) is 11.8. The molecule has 0 bridgehead atoms. The van der Waals surface area contributed by atoms with E-state index in [1.807, 2.05) is 32.0 Å². The van der Waals surface area contributed by atoms with Crippen LogP contribution in [0.1, 0.15) is 27.0 Å². The maximum atomic E-state index is 12.9. The topological polar surface area (TPSA) is 72.2 Å². The first-order chi connectivity index (χ1) is 10.9. The van der Waals surface area contributed by atoms with Gasteiger partial charge in [-0.05, 0) is 54.8 Å². The highest BCUT2D eigenvalue weighted by Gasteiger charge is 2.21. The number of carbonyl (C=O) groups excluding carboxylic acids is 2. The molecule has 3 N–H and O–H groups in total. The average molecular weight is 314 g/mol. The molecule has 2 aromatic carbocycles. The number of nitrogens with one attached hydrogen (secondary N) is 1. The van der Waals surface area contributed by atoms with Gasteiger partial charge < -0.3 is 11.1 Å². The average Bonchev–Trinajstić information content (AvgIpc) is 2.50. The quantitative estimate of drug-likeness (QED) is 0.888. The van der Waals surface area contributed by atoms with E-state index in [-0.39, 0.29) is 5.56 Å². The molecular formula is C18H19FN2O2. The fourth-order valence-electron chi connectivity index (χ4n) is 2.44. The first-order valence-corrected chi connectivity index (χ1v) is 7.29. The Morgan fingerprint density at radius 1 is 1.09 bits per heavy atom. The van der Waals surface area contributed by atoms with E-state index in [9.17, 15) is 14.0 Å². The number of primary amides is 1. The van der Waals surface area contributed by atoms with Crippen molar-refractivity contribution < 1.29 is 14.0 Å². The largest absolute Gasteiger partial charge is 0.368 e. The Hall–Kier alpha value is -2.69. The third-order valence-electron chi connectivity index (χ3n) is 3.81. The van der Waals surface area contributed by atoms with Gasteiger partial charge in [0.1, 0.15) is 11.9 Å². The van der Waals surface area contributed by atoms with E-state index in [4.69, 9.17) is 5.73 Å². The van der Waals surface area contributed by atoms with Gasteiger partial charge in [-0.1, -0.05) is 18.2 Å². The van der Waals surface area contributed by atoms with Crippen LogP contribution in [0.2, 0.25) is 0 Å². The molecule has 23 heavy (non-hydrogen) atoms. The number of nitrogens with two attached hydrogens (primary N) is 1. The number of carbonyl (C=O) groups is 2. The Balaban J connectivity index is 2.17. The van der Waals surface area contributed by atoms with E-state index in [1.54, 1.807) is 0 Å². The summed E-state index contributed by atoms with van der Waals surface area (Å²) in [4.78, 5) is 23.9. The minimum absolute atomic E-state index is 0.277. The van der Waals surface area contributed by atoms with Crippen LogP contribution < -0.4 is 11.1 Å². The third-order valence-corrected chi connectivity index (χ3v) is 3.81. The lowest BCUT2D eigenvalue weighted by molar-refractivity contribution is -0.119. The van der Waals surface area contributed by atoms with E-state index in [2.05, 4.69) is 5.32 Å². The van der Waals surface area contributed by atoms with E-state index >= 15 is 0 Å². The third kappa shape index (κ3) is 4.16. The molecule has 120 valence electrons. The number of aryl methyl sites for hydroxylation is 2. The number of hydrogen-bond acceptors (Lipinski definition) is 2. The maximum Gasteiger partial charge on any atom is 0.251 e. The second kappa shape index (κ2) is 7.05. The van der Waals surface area contributed by atoms with Crippen molar-refractivity contribution in [3.05, 3.63) is 70.5 Å². The van der Waals surface area contributed by atoms with Crippen LogP contribution in [0.5, 0.6) is 0 Å². The molecule has 1 atom stereocenters. The van der Waals surface area contributed by atoms with Gasteiger partial charge in [-0.15, -0.1) is 0 Å². The number of halogens is 1. The number of amides is 2. The number of rotatable bonds is 5. The Labute approximate surface area is 134 Å². The van der Waals surface area contributed by atoms with Crippen molar-refractivity contribution in [2.24, 2.45) is 5.73 Å². The van der Waals surface area contributed by atoms with Gasteiger partial charge in [0.05, 0.1) is 0 Å². The molecule has 2 aromatic rings. The van der Waals surface area contributed by atoms with Crippen LogP contribution in [0.3, 0.4) is 0 Å². The van der Waals surface area contributed by atoms with Crippen molar-refractivity contribution in [2.75, 3.05) is 0 Å². The van der Waals surface area contributed by atoms with E-state index in [1.165, 1.54) is 24.3 Å². The summed E-state index contributed by atoms with van der Waals surface area (Å²) in [5.41, 5.74) is 8.75. The highest BCUT2D eigenvalue weighted by Crippen LogP contribution is 2.15. The fourth-order valence-corrected chi connectivity index (χ4v) is 2.44. The molecule has 0 aliphatic heterocycles. The molecule has 0 aliphatic rings. The van der Waals surface area contributed by atoms with Crippen LogP contribution in [0.25, 0.3) is 0 Å². The number of benzene rings is 2. The minimum Gasteiger partial charge on any atom is -0.368 e. The SMILES string of the molecule is Cc1cccc(C)c1C[C@@H](NC(=O)c1ccc(F)cc1)C(N)=O. The second-order valence-corrected chi connectivity index (χ2v) is 5.51. The number of hydrogen-bond donors (Lipinski definition) is 2. The van der Waals surface area contributed by atoms with Crippen LogP contribution in [0, 0.1) is 19.7 Å². The van der Waals surface area contributed by atoms with Gasteiger partial charge >= 0.3 is 0 Å². The maximum absolute atomic E-state index is 12.9. The molecular weight excluding hydrogens is 295 g/mol. The lowest BCUT2D eigenvalue weighted by Gasteiger charge is -2.18. The molecule has 0 radical (unpaired) electrons. The van der Waals surface area contributed by atoms with Gasteiger partial charge in [-0.25, -0.2) is 4.39 Å². The summed E-state index contributed by atoms with van der Waals surface area (Å²) >= 11 is 0. The zero-order valence-electron chi connectivity index (χ0n) is 13.1. The second-order valence-electron chi connectivity index (χ2n) is 5.51. The van der Waals surface area contributed by atoms with E-state index in [0.717, 1.165) is 16.7 Å². The van der Waals surface area contributed by atoms with E-state index in [0.29, 0.717) is 6.42 Å². The molecule has 2 amide bonds. The van der Waals surface area contributed by atoms with Crippen molar-refractivity contribution in [3.63, 3.8) is 0 Å². The van der Waals surface area contributed by atoms with Gasteiger partial charge in [0.15, 0.2) is 0 Å². The summed E-state index contributed by atoms with van der Waals surface area (Å²) in [5, 5.41) is 2.62. The Kier molecular flexibility index (Phi) is 5.11. The highest BCUT2D eigenvalue weighted by molar-refractivity contribution is 5.97. The molecule has 4 nitrogen and oxygen atoms in total. The molecule has 0 aliphatic carbocycles. The van der Waals surface area contributed by atoms with Gasteiger partial charge in [0, 0.05) is 12.0 Å². The zero-order chi connectivity index (χ0) is 17.0. The van der Waals surface area contributed by atoms with Crippen LogP contribution in [-0.2, 0) is 11.2 Å². The molecule has 0 aromatic heterocycles. The minimum atomic E-state index is -0.827. The van der Waals surface area contributed by atoms with Crippen molar-refractivity contribution >= 4 is 11.8 Å². The molecule has 0 fully saturated rings. The van der Waals surface area contributed by atoms with E-state index < -0.39 is 23.7 Å². The molecule has 0 saturated heterocycles. The lowest BCUT2D eigenvalue weighted by atomic mass is 9.96. The predicted molar refractivity (Wildman–Crippen MR) is 86.5 cm³/mol. The Morgan fingerprint density at radius 3 is 2.17 bits per heavy atom. The van der Waals surface area contributed by atoms with Crippen molar-refractivity contribution in [1.82, 2.24) is 5.32 Å². The van der Waals surface area contributed by atoms with Crippen LogP contribution in [0.15, 0.2) is 42.5 Å². The van der Waals surface area contributed by atoms with Crippen LogP contribution >= 0.6 is 0 Å². The highest BCUT2D eigenvalue weighted by atomic mass is 19.1. The monoisotopic (exact) mass is 314 g/mol. The summed E-state index contributed by atoms with van der Waals surface area (Å²) < 4.78 is 12.9. The molecule has 0 unspecified atom stereocenters. The molecule has 2 rings (SSSR count). The summed E-state index contributed by atoms with van der Waals surface area (Å²) in [6, 6.07) is 10.1. The smallest absolute Gasteiger partial charge is 0.251 e. The van der Waals surface area contributed by atoms with Crippen LogP contribution in [0.4, 0.5) is 4.39 Å². The van der Waals surface area contributed by atoms with Crippen molar-refractivity contribution in [3.8, 4) is 0 Å². The zero-order valence-corrected chi connectivity index (χ0v) is 13.1. The first-order valence-electron chi connectivity index (χ1n) is 7.29. The Bertz CT molecular complexity index is 706.